The molecule has 0 aliphatic carbocycles. The van der Waals surface area contributed by atoms with Crippen LogP contribution < -0.4 is 59.1 Å². The largest absolute Gasteiger partial charge is 1.00 e. The van der Waals surface area contributed by atoms with Crippen molar-refractivity contribution in [3.05, 3.63) is 0 Å². The van der Waals surface area contributed by atoms with Crippen LogP contribution in [0.3, 0.4) is 0 Å². The molecule has 0 N–H and O–H groups in total. The van der Waals surface area contributed by atoms with Crippen LogP contribution in [-0.2, 0) is 15.5 Å². The molecule has 0 fully saturated rings. The van der Waals surface area contributed by atoms with E-state index in [1.807, 2.05) is 0 Å². The zero-order valence-corrected chi connectivity index (χ0v) is 11.7. The zero-order chi connectivity index (χ0) is 7.33. The van der Waals surface area contributed by atoms with Crippen LogP contribution in [0.25, 0.3) is 0 Å². The minimum absolute atomic E-state index is 0. The first-order valence-electron chi connectivity index (χ1n) is 1.53. The molecule has 0 saturated carbocycles. The average molecular weight is 256 g/mol. The summed E-state index contributed by atoms with van der Waals surface area (Å²) in [5, 5.41) is 32.5. The van der Waals surface area contributed by atoms with E-state index in [1.54, 1.807) is 0 Å². The van der Waals surface area contributed by atoms with E-state index >= 15 is 0 Å². The molecule has 0 bridgehead atoms. The first-order valence-corrected chi connectivity index (χ1v) is 4.64. The molecular formula is C4N4Na2Pd. The van der Waals surface area contributed by atoms with Crippen LogP contribution in [0.1, 0.15) is 0 Å². The number of hydrogen-bond acceptors (Lipinski definition) is 4. The maximum atomic E-state index is 8.13. The molecule has 0 saturated heterocycles. The summed E-state index contributed by atoms with van der Waals surface area (Å²) < 4.78 is 5.72. The number of hydrogen-bond donors (Lipinski definition) is 0. The van der Waals surface area contributed by atoms with Gasteiger partial charge in [0.25, 0.3) is 0 Å². The monoisotopic (exact) mass is 256 g/mol. The van der Waals surface area contributed by atoms with E-state index in [4.69, 9.17) is 21.0 Å². The predicted octanol–water partition coefficient (Wildman–Crippen LogP) is -5.93. The fraction of sp³-hybridized carbons (Fsp3) is 0. The molecule has 0 atom stereocenters. The van der Waals surface area contributed by atoms with Gasteiger partial charge in [0.05, 0.1) is 0 Å². The minimum Gasteiger partial charge on any atom is 1.00 e. The van der Waals surface area contributed by atoms with Gasteiger partial charge in [-0.25, -0.2) is 0 Å². The molecule has 0 aliphatic heterocycles. The molecule has 0 aromatic carbocycles. The first kappa shape index (κ1) is 17.6. The van der Waals surface area contributed by atoms with Gasteiger partial charge in [-0.3, -0.25) is 0 Å². The summed E-state index contributed by atoms with van der Waals surface area (Å²) >= 11 is -3.58. The molecule has 0 radical (unpaired) electrons. The van der Waals surface area contributed by atoms with E-state index in [2.05, 4.69) is 0 Å². The topological polar surface area (TPSA) is 95.2 Å². The van der Waals surface area contributed by atoms with Gasteiger partial charge in [0, 0.05) is 0 Å². The van der Waals surface area contributed by atoms with Crippen molar-refractivity contribution in [2.75, 3.05) is 0 Å². The first-order chi connectivity index (χ1) is 4.24. The summed E-state index contributed by atoms with van der Waals surface area (Å²) in [4.78, 5) is 0. The predicted molar refractivity (Wildman–Crippen MR) is 22.5 cm³/mol. The smallest absolute Gasteiger partial charge is 1.00 e. The third kappa shape index (κ3) is 4.96. The van der Waals surface area contributed by atoms with Crippen molar-refractivity contribution < 1.29 is 74.7 Å². The van der Waals surface area contributed by atoms with Gasteiger partial charge in [-0.2, -0.15) is 0 Å². The Kier molecular flexibility index (Phi) is 14.0. The van der Waals surface area contributed by atoms with Crippen LogP contribution in [0.15, 0.2) is 0 Å². The second kappa shape index (κ2) is 8.72. The van der Waals surface area contributed by atoms with Crippen molar-refractivity contribution in [1.29, 1.82) is 21.0 Å². The van der Waals surface area contributed by atoms with Gasteiger partial charge in [0.15, 0.2) is 0 Å². The van der Waals surface area contributed by atoms with E-state index in [9.17, 15) is 0 Å². The van der Waals surface area contributed by atoms with Gasteiger partial charge in [-0.05, 0) is 0 Å². The standard InChI is InChI=1S/4CN.2Na.Pd/c4*1-2;;;/q;;;;2*+1;-2. The summed E-state index contributed by atoms with van der Waals surface area (Å²) in [6.07, 6.45) is 0. The van der Waals surface area contributed by atoms with E-state index in [1.165, 1.54) is 18.2 Å². The Morgan fingerprint density at radius 3 is 0.818 bits per heavy atom. The molecule has 7 heteroatoms. The summed E-state index contributed by atoms with van der Waals surface area (Å²) in [7, 11) is 0. The quantitative estimate of drug-likeness (QED) is 0.403. The Morgan fingerprint density at radius 2 is 0.818 bits per heavy atom. The SMILES string of the molecule is N#[C][Pd-2]([C]#N)([C]#N)[C]#N.[Na+].[Na+]. The van der Waals surface area contributed by atoms with Crippen molar-refractivity contribution >= 4 is 0 Å². The van der Waals surface area contributed by atoms with Gasteiger partial charge < -0.3 is 0 Å². The molecule has 0 aromatic heterocycles. The molecule has 0 spiro atoms. The molecule has 48 valence electrons. The Hall–Kier alpha value is 0.622. The molecule has 4 nitrogen and oxygen atoms in total. The molecule has 0 heterocycles. The van der Waals surface area contributed by atoms with Gasteiger partial charge in [0.2, 0.25) is 0 Å². The van der Waals surface area contributed by atoms with Crippen LogP contribution in [0.4, 0.5) is 0 Å². The van der Waals surface area contributed by atoms with Crippen LogP contribution in [0, 0.1) is 39.2 Å². The van der Waals surface area contributed by atoms with Crippen LogP contribution in [-0.4, -0.2) is 0 Å². The van der Waals surface area contributed by atoms with Crippen molar-refractivity contribution in [2.45, 2.75) is 0 Å². The fourth-order valence-corrected chi connectivity index (χ4v) is 0.561. The fourth-order valence-electron chi connectivity index (χ4n) is 0.0949. The van der Waals surface area contributed by atoms with Gasteiger partial charge in [-0.1, -0.05) is 0 Å². The molecular weight excluding hydrogens is 256 g/mol. The van der Waals surface area contributed by atoms with Crippen molar-refractivity contribution in [3.63, 3.8) is 0 Å². The Labute approximate surface area is 112 Å². The van der Waals surface area contributed by atoms with Crippen molar-refractivity contribution in [2.24, 2.45) is 0 Å². The second-order valence-corrected chi connectivity index (χ2v) is 4.48. The minimum atomic E-state index is -3.58. The van der Waals surface area contributed by atoms with Crippen molar-refractivity contribution in [1.82, 2.24) is 0 Å². The van der Waals surface area contributed by atoms with Crippen LogP contribution in [0.2, 0.25) is 0 Å². The Morgan fingerprint density at radius 1 is 0.636 bits per heavy atom. The second-order valence-electron chi connectivity index (χ2n) is 0.757. The van der Waals surface area contributed by atoms with Gasteiger partial charge >= 0.3 is 114 Å². The van der Waals surface area contributed by atoms with E-state index in [0.29, 0.717) is 0 Å². The van der Waals surface area contributed by atoms with E-state index in [-0.39, 0.29) is 59.1 Å². The van der Waals surface area contributed by atoms with Crippen LogP contribution in [0.5, 0.6) is 0 Å². The average Bonchev–Trinajstić information content (AvgIpc) is 1.95. The van der Waals surface area contributed by atoms with E-state index in [0.717, 1.165) is 0 Å². The number of rotatable bonds is 0. The number of nitriles is 4. The Bertz CT molecular complexity index is 213. The maximum absolute atomic E-state index is 8.13. The molecule has 0 amide bonds. The van der Waals surface area contributed by atoms with Crippen LogP contribution >= 0.6 is 0 Å². The third-order valence-corrected chi connectivity index (χ3v) is 2.51. The molecule has 0 rings (SSSR count). The summed E-state index contributed by atoms with van der Waals surface area (Å²) in [6, 6.07) is 0. The molecule has 0 aliphatic rings. The Balaban J connectivity index is -0.000000320. The zero-order valence-electron chi connectivity index (χ0n) is 6.11. The molecule has 0 aromatic rings. The van der Waals surface area contributed by atoms with Crippen molar-refractivity contribution in [3.8, 4) is 18.2 Å². The normalized spacial score (nSPS) is 7.64. The summed E-state index contributed by atoms with van der Waals surface area (Å²) in [5.41, 5.74) is 0. The number of nitrogens with zero attached hydrogens (tertiary/aromatic N) is 4. The van der Waals surface area contributed by atoms with E-state index < -0.39 is 15.5 Å². The summed E-state index contributed by atoms with van der Waals surface area (Å²) in [6.45, 7) is 0. The summed E-state index contributed by atoms with van der Waals surface area (Å²) in [5.74, 6) is 0. The molecule has 11 heavy (non-hydrogen) atoms. The third-order valence-electron chi connectivity index (χ3n) is 0.424. The molecule has 0 unspecified atom stereocenters. The van der Waals surface area contributed by atoms with Gasteiger partial charge in [-0.15, -0.1) is 0 Å². The van der Waals surface area contributed by atoms with Gasteiger partial charge in [0.1, 0.15) is 0 Å². The maximum Gasteiger partial charge on any atom is 1.00 e.